The van der Waals surface area contributed by atoms with Crippen LogP contribution in [-0.4, -0.2) is 14.7 Å². The van der Waals surface area contributed by atoms with Gasteiger partial charge in [-0.15, -0.1) is 0 Å². The fraction of sp³-hybridized carbons (Fsp3) is 1.00. The second kappa shape index (κ2) is 4.69. The van der Waals surface area contributed by atoms with Crippen LogP contribution in [0.2, 0.25) is 0 Å². The predicted molar refractivity (Wildman–Crippen MR) is 75.4 cm³/mol. The molecule has 1 saturated carbocycles. The van der Waals surface area contributed by atoms with Gasteiger partial charge in [-0.25, -0.2) is 10.9 Å². The van der Waals surface area contributed by atoms with E-state index < -0.39 is 0 Å². The van der Waals surface area contributed by atoms with Gasteiger partial charge >= 0.3 is 0 Å². The second-order valence-corrected chi connectivity index (χ2v) is 11.2. The van der Waals surface area contributed by atoms with Crippen LogP contribution in [0, 0.1) is 0 Å². The van der Waals surface area contributed by atoms with Gasteiger partial charge in [0.05, 0.1) is 0 Å². The highest BCUT2D eigenvalue weighted by Crippen LogP contribution is 2.57. The number of rotatable bonds is 1. The summed E-state index contributed by atoms with van der Waals surface area (Å²) in [6, 6.07) is 0. The van der Waals surface area contributed by atoms with Gasteiger partial charge in [-0.05, 0) is 27.6 Å². The first-order valence-electron chi connectivity index (χ1n) is 6.52. The molecule has 15 heavy (non-hydrogen) atoms. The smallest absolute Gasteiger partial charge is 0.0100 e. The van der Waals surface area contributed by atoms with E-state index in [0.717, 1.165) is 5.25 Å². The van der Waals surface area contributed by atoms with E-state index in [1.807, 2.05) is 0 Å². The molecule has 1 fully saturated rings. The van der Waals surface area contributed by atoms with Crippen LogP contribution in [0.15, 0.2) is 0 Å². The van der Waals surface area contributed by atoms with E-state index in [0.29, 0.717) is 9.49 Å². The molecule has 0 unspecified atom stereocenters. The fourth-order valence-corrected chi connectivity index (χ4v) is 8.53. The Morgan fingerprint density at radius 3 is 1.47 bits per heavy atom. The minimum atomic E-state index is 0.139. The van der Waals surface area contributed by atoms with Crippen LogP contribution in [0.5, 0.6) is 0 Å². The van der Waals surface area contributed by atoms with Gasteiger partial charge < -0.3 is 0 Å². The lowest BCUT2D eigenvalue weighted by atomic mass is 10.0. The molecule has 0 heterocycles. The molecule has 1 aliphatic carbocycles. The van der Waals surface area contributed by atoms with Gasteiger partial charge in [0.15, 0.2) is 0 Å². The number of hydrogen-bond donors (Lipinski definition) is 1. The van der Waals surface area contributed by atoms with Gasteiger partial charge in [-0.2, -0.15) is 0 Å². The Hall–Kier alpha value is 0.350. The molecule has 0 amide bonds. The largest absolute Gasteiger partial charge is 0.241 e. The highest BCUT2D eigenvalue weighted by Gasteiger charge is 2.36. The van der Waals surface area contributed by atoms with Crippen LogP contribution in [0.4, 0.5) is 0 Å². The fourth-order valence-electron chi connectivity index (χ4n) is 3.44. The normalized spacial score (nSPS) is 21.6. The Morgan fingerprint density at radius 1 is 0.733 bits per heavy atom. The maximum Gasteiger partial charge on any atom is -0.0100 e. The first kappa shape index (κ1) is 13.4. The summed E-state index contributed by atoms with van der Waals surface area (Å²) in [5.74, 6) is 0. The van der Waals surface area contributed by atoms with Crippen molar-refractivity contribution in [3.63, 3.8) is 0 Å². The van der Waals surface area contributed by atoms with Crippen molar-refractivity contribution in [1.29, 1.82) is 0 Å². The monoisotopic (exact) mass is 230 g/mol. The predicted octanol–water partition coefficient (Wildman–Crippen LogP) is 4.92. The summed E-state index contributed by atoms with van der Waals surface area (Å²) >= 11 is 0. The zero-order valence-corrected chi connectivity index (χ0v) is 12.5. The van der Waals surface area contributed by atoms with E-state index in [1.54, 1.807) is 0 Å². The molecule has 0 aliphatic heterocycles. The molecule has 0 saturated heterocycles. The molecule has 1 aliphatic rings. The minimum Gasteiger partial charge on any atom is -0.241 e. The lowest BCUT2D eigenvalue weighted by Crippen LogP contribution is -2.36. The van der Waals surface area contributed by atoms with Crippen molar-refractivity contribution in [3.8, 4) is 0 Å². The summed E-state index contributed by atoms with van der Waals surface area (Å²) in [6.07, 6.45) is 7.44. The lowest BCUT2D eigenvalue weighted by molar-refractivity contribution is 0.504. The Labute approximate surface area is 99.6 Å². The van der Waals surface area contributed by atoms with Crippen molar-refractivity contribution in [2.45, 2.75) is 88.4 Å². The van der Waals surface area contributed by atoms with Crippen molar-refractivity contribution in [3.05, 3.63) is 0 Å². The first-order chi connectivity index (χ1) is 6.73. The average Bonchev–Trinajstić information content (AvgIpc) is 2.00. The third-order valence-corrected chi connectivity index (χ3v) is 7.52. The standard InChI is InChI=1S/C14H30S/c1-13(2,3)15(14(4,5)6)12-10-8-7-9-11-12/h12,15H,7-11H2,1-6H3. The van der Waals surface area contributed by atoms with Gasteiger partial charge in [0.25, 0.3) is 0 Å². The summed E-state index contributed by atoms with van der Waals surface area (Å²) in [7, 11) is 0.139. The molecule has 0 atom stereocenters. The summed E-state index contributed by atoms with van der Waals surface area (Å²) in [6.45, 7) is 14.7. The molecule has 0 spiro atoms. The summed E-state index contributed by atoms with van der Waals surface area (Å²) in [5.41, 5.74) is 0. The van der Waals surface area contributed by atoms with Crippen molar-refractivity contribution >= 4 is 10.9 Å². The van der Waals surface area contributed by atoms with Gasteiger partial charge in [0.1, 0.15) is 0 Å². The molecule has 0 radical (unpaired) electrons. The van der Waals surface area contributed by atoms with E-state index in [9.17, 15) is 0 Å². The zero-order valence-electron chi connectivity index (χ0n) is 11.6. The van der Waals surface area contributed by atoms with Crippen LogP contribution in [0.1, 0.15) is 73.6 Å². The van der Waals surface area contributed by atoms with Crippen molar-refractivity contribution in [2.24, 2.45) is 0 Å². The van der Waals surface area contributed by atoms with Gasteiger partial charge in [0, 0.05) is 0 Å². The van der Waals surface area contributed by atoms with Crippen LogP contribution in [0.25, 0.3) is 0 Å². The molecular weight excluding hydrogens is 200 g/mol. The maximum absolute atomic E-state index is 2.46. The molecule has 0 nitrogen and oxygen atoms in total. The molecule has 1 rings (SSSR count). The summed E-state index contributed by atoms with van der Waals surface area (Å²) in [4.78, 5) is 0. The van der Waals surface area contributed by atoms with Crippen molar-refractivity contribution in [1.82, 2.24) is 0 Å². The molecule has 92 valence electrons. The van der Waals surface area contributed by atoms with E-state index in [1.165, 1.54) is 32.1 Å². The molecule has 0 bridgehead atoms. The SMILES string of the molecule is CC(C)(C)[SH](C1CCCCC1)C(C)(C)C. The van der Waals surface area contributed by atoms with Crippen molar-refractivity contribution in [2.75, 3.05) is 0 Å². The molecule has 0 aromatic carbocycles. The molecule has 0 aromatic heterocycles. The molecule has 0 aromatic rings. The molecule has 0 N–H and O–H groups in total. The van der Waals surface area contributed by atoms with Crippen LogP contribution >= 0.6 is 10.9 Å². The average molecular weight is 230 g/mol. The van der Waals surface area contributed by atoms with Gasteiger partial charge in [-0.1, -0.05) is 60.8 Å². The lowest BCUT2D eigenvalue weighted by Gasteiger charge is -2.51. The quantitative estimate of drug-likeness (QED) is 0.608. The highest BCUT2D eigenvalue weighted by molar-refractivity contribution is 8.19. The van der Waals surface area contributed by atoms with E-state index in [2.05, 4.69) is 41.5 Å². The van der Waals surface area contributed by atoms with Crippen LogP contribution < -0.4 is 0 Å². The number of hydrogen-bond acceptors (Lipinski definition) is 0. The Balaban J connectivity index is 2.80. The van der Waals surface area contributed by atoms with Gasteiger partial charge in [0.2, 0.25) is 0 Å². The minimum absolute atomic E-state index is 0.139. The van der Waals surface area contributed by atoms with E-state index >= 15 is 0 Å². The van der Waals surface area contributed by atoms with Crippen LogP contribution in [-0.2, 0) is 0 Å². The topological polar surface area (TPSA) is 0 Å². The Kier molecular flexibility index (Phi) is 4.20. The van der Waals surface area contributed by atoms with Gasteiger partial charge in [-0.3, -0.25) is 0 Å². The maximum atomic E-state index is 2.46. The molecule has 1 heteroatoms. The Bertz CT molecular complexity index is 174. The third kappa shape index (κ3) is 3.69. The van der Waals surface area contributed by atoms with E-state index in [4.69, 9.17) is 0 Å². The zero-order chi connectivity index (χ0) is 11.7. The first-order valence-corrected chi connectivity index (χ1v) is 7.93. The second-order valence-electron chi connectivity index (χ2n) is 7.00. The van der Waals surface area contributed by atoms with Crippen LogP contribution in [0.3, 0.4) is 0 Å². The summed E-state index contributed by atoms with van der Waals surface area (Å²) in [5, 5.41) is 1.04. The summed E-state index contributed by atoms with van der Waals surface area (Å²) < 4.78 is 1.05. The number of thiol groups is 1. The molecular formula is C14H30S. The highest BCUT2D eigenvalue weighted by atomic mass is 32.2. The van der Waals surface area contributed by atoms with E-state index in [-0.39, 0.29) is 10.9 Å². The third-order valence-electron chi connectivity index (χ3n) is 3.39. The Morgan fingerprint density at radius 2 is 1.13 bits per heavy atom. The van der Waals surface area contributed by atoms with Crippen molar-refractivity contribution < 1.29 is 0 Å².